The Balaban J connectivity index is 3.72. The van der Waals surface area contributed by atoms with Gasteiger partial charge in [-0.1, -0.05) is 237 Å². The Hall–Kier alpha value is -3.47. The minimum absolute atomic E-state index is 0.0985. The van der Waals surface area contributed by atoms with Crippen LogP contribution in [0, 0.1) is 0 Å². The van der Waals surface area contributed by atoms with Crippen molar-refractivity contribution in [2.75, 3.05) is 6.61 Å². The Bertz CT molecular complexity index is 1310. The molecule has 0 aromatic rings. The summed E-state index contributed by atoms with van der Waals surface area (Å²) in [6.45, 7) is 4.17. The lowest BCUT2D eigenvalue weighted by Gasteiger charge is -2.19. The normalized spacial score (nSPS) is 14.0. The summed E-state index contributed by atoms with van der Waals surface area (Å²) in [7, 11) is 0. The molecule has 63 heavy (non-hydrogen) atoms. The predicted molar refractivity (Wildman–Crippen MR) is 280 cm³/mol. The lowest BCUT2D eigenvalue weighted by molar-refractivity contribution is -0.123. The van der Waals surface area contributed by atoms with E-state index in [1.54, 1.807) is 6.08 Å². The highest BCUT2D eigenvalue weighted by molar-refractivity contribution is 5.76. The van der Waals surface area contributed by atoms with E-state index >= 15 is 0 Å². The Morgan fingerprint density at radius 1 is 0.397 bits per heavy atom. The molecular formula is C59H97NO3. The van der Waals surface area contributed by atoms with Crippen molar-refractivity contribution in [1.82, 2.24) is 5.32 Å². The van der Waals surface area contributed by atoms with Gasteiger partial charge >= 0.3 is 0 Å². The highest BCUT2D eigenvalue weighted by Gasteiger charge is 2.17. The lowest BCUT2D eigenvalue weighted by Crippen LogP contribution is -2.45. The van der Waals surface area contributed by atoms with E-state index in [1.807, 2.05) is 6.08 Å². The Labute approximate surface area is 390 Å². The molecule has 1 amide bonds. The molecule has 356 valence electrons. The molecule has 0 rings (SSSR count). The zero-order valence-corrected chi connectivity index (χ0v) is 40.8. The van der Waals surface area contributed by atoms with Crippen molar-refractivity contribution >= 4 is 5.91 Å². The first-order valence-electron chi connectivity index (χ1n) is 25.9. The van der Waals surface area contributed by atoms with Gasteiger partial charge in [0.05, 0.1) is 18.8 Å². The molecule has 4 nitrogen and oxygen atoms in total. The lowest BCUT2D eigenvalue weighted by atomic mass is 10.0. The zero-order chi connectivity index (χ0) is 45.6. The van der Waals surface area contributed by atoms with Crippen molar-refractivity contribution in [3.63, 3.8) is 0 Å². The molecule has 0 fully saturated rings. The fourth-order valence-corrected chi connectivity index (χ4v) is 6.95. The molecule has 0 spiro atoms. The van der Waals surface area contributed by atoms with Crippen molar-refractivity contribution in [2.45, 2.75) is 225 Å². The second kappa shape index (κ2) is 52.9. The molecule has 4 heteroatoms. The van der Waals surface area contributed by atoms with Gasteiger partial charge in [0.2, 0.25) is 5.91 Å². The average molecular weight is 868 g/mol. The van der Waals surface area contributed by atoms with Crippen molar-refractivity contribution < 1.29 is 15.0 Å². The number of hydrogen-bond donors (Lipinski definition) is 3. The molecule has 0 aromatic carbocycles. The maximum Gasteiger partial charge on any atom is 0.220 e. The van der Waals surface area contributed by atoms with Gasteiger partial charge < -0.3 is 15.5 Å². The molecule has 0 aliphatic carbocycles. The van der Waals surface area contributed by atoms with Crippen LogP contribution in [0.5, 0.6) is 0 Å². The third kappa shape index (κ3) is 49.4. The minimum atomic E-state index is -0.881. The Morgan fingerprint density at radius 2 is 0.714 bits per heavy atom. The van der Waals surface area contributed by atoms with E-state index in [0.717, 1.165) is 103 Å². The number of unbranched alkanes of at least 4 members (excludes halogenated alkanes) is 18. The Kier molecular flexibility index (Phi) is 50.0. The second-order valence-corrected chi connectivity index (χ2v) is 16.8. The summed E-state index contributed by atoms with van der Waals surface area (Å²) in [5, 5.41) is 23.1. The smallest absolute Gasteiger partial charge is 0.220 e. The summed E-state index contributed by atoms with van der Waals surface area (Å²) in [5.41, 5.74) is 0. The van der Waals surface area contributed by atoms with Crippen molar-refractivity contribution in [1.29, 1.82) is 0 Å². The van der Waals surface area contributed by atoms with Crippen molar-refractivity contribution in [2.24, 2.45) is 0 Å². The number of aliphatic hydroxyl groups excluding tert-OH is 2. The van der Waals surface area contributed by atoms with Gasteiger partial charge in [-0.15, -0.1) is 0 Å². The topological polar surface area (TPSA) is 69.6 Å². The molecule has 0 saturated carbocycles. The number of allylic oxidation sites excluding steroid dienone is 21. The van der Waals surface area contributed by atoms with E-state index in [9.17, 15) is 15.0 Å². The first kappa shape index (κ1) is 59.5. The molecule has 3 N–H and O–H groups in total. The van der Waals surface area contributed by atoms with Crippen LogP contribution < -0.4 is 5.32 Å². The van der Waals surface area contributed by atoms with Crippen LogP contribution >= 0.6 is 0 Å². The van der Waals surface area contributed by atoms with Gasteiger partial charge in [0.1, 0.15) is 0 Å². The van der Waals surface area contributed by atoms with Gasteiger partial charge in [-0.25, -0.2) is 0 Å². The van der Waals surface area contributed by atoms with Gasteiger partial charge in [-0.3, -0.25) is 4.79 Å². The fourth-order valence-electron chi connectivity index (χ4n) is 6.95. The highest BCUT2D eigenvalue weighted by Crippen LogP contribution is 2.13. The van der Waals surface area contributed by atoms with E-state index < -0.39 is 12.1 Å². The molecule has 0 aromatic heterocycles. The van der Waals surface area contributed by atoms with Crippen LogP contribution in [-0.2, 0) is 4.79 Å². The molecule has 0 radical (unpaired) electrons. The summed E-state index contributed by atoms with van der Waals surface area (Å²) in [5.74, 6) is -0.0985. The van der Waals surface area contributed by atoms with Gasteiger partial charge in [0.15, 0.2) is 0 Å². The quantitative estimate of drug-likeness (QED) is 0.0422. The second-order valence-electron chi connectivity index (χ2n) is 16.8. The van der Waals surface area contributed by atoms with E-state index in [2.05, 4.69) is 141 Å². The third-order valence-corrected chi connectivity index (χ3v) is 10.9. The molecule has 0 saturated heterocycles. The number of rotatable bonds is 45. The maximum absolute atomic E-state index is 12.4. The first-order valence-corrected chi connectivity index (χ1v) is 25.9. The third-order valence-electron chi connectivity index (χ3n) is 10.9. The highest BCUT2D eigenvalue weighted by atomic mass is 16.3. The number of hydrogen-bond acceptors (Lipinski definition) is 3. The van der Waals surface area contributed by atoms with Crippen molar-refractivity contribution in [3.05, 3.63) is 134 Å². The molecular weight excluding hydrogens is 771 g/mol. The molecule has 2 atom stereocenters. The monoisotopic (exact) mass is 868 g/mol. The van der Waals surface area contributed by atoms with Crippen LogP contribution in [0.1, 0.15) is 213 Å². The van der Waals surface area contributed by atoms with Crippen LogP contribution in [0.25, 0.3) is 0 Å². The van der Waals surface area contributed by atoms with Gasteiger partial charge in [-0.2, -0.15) is 0 Å². The van der Waals surface area contributed by atoms with Crippen LogP contribution in [0.15, 0.2) is 134 Å². The van der Waals surface area contributed by atoms with Gasteiger partial charge in [-0.05, 0) is 103 Å². The number of carbonyl (C=O) groups excluding carboxylic acids is 1. The van der Waals surface area contributed by atoms with Crippen LogP contribution in [0.2, 0.25) is 0 Å². The maximum atomic E-state index is 12.4. The van der Waals surface area contributed by atoms with E-state index in [-0.39, 0.29) is 12.5 Å². The molecule has 0 heterocycles. The summed E-state index contributed by atoms with van der Waals surface area (Å²) in [6.07, 6.45) is 82.9. The number of aliphatic hydroxyl groups is 2. The molecule has 0 bridgehead atoms. The number of nitrogens with one attached hydrogen (secondary N) is 1. The van der Waals surface area contributed by atoms with Crippen LogP contribution in [-0.4, -0.2) is 34.9 Å². The number of carbonyl (C=O) groups is 1. The summed E-state index contributed by atoms with van der Waals surface area (Å²) in [6, 6.07) is -0.660. The minimum Gasteiger partial charge on any atom is -0.394 e. The fraction of sp³-hybridized carbons (Fsp3) is 0.610. The summed E-state index contributed by atoms with van der Waals surface area (Å²) >= 11 is 0. The molecule has 0 aliphatic rings. The van der Waals surface area contributed by atoms with E-state index in [1.165, 1.54) is 89.9 Å². The predicted octanol–water partition coefficient (Wildman–Crippen LogP) is 17.1. The average Bonchev–Trinajstić information content (AvgIpc) is 3.29. The van der Waals surface area contributed by atoms with Gasteiger partial charge in [0.25, 0.3) is 0 Å². The summed E-state index contributed by atoms with van der Waals surface area (Å²) in [4.78, 5) is 12.4. The van der Waals surface area contributed by atoms with Gasteiger partial charge in [0, 0.05) is 6.42 Å². The standard InChI is InChI=1S/C59H97NO3/c1-3-5-7-9-11-13-15-17-19-21-23-24-25-26-27-28-29-30-31-32-33-34-35-36-37-39-41-43-45-47-49-51-53-55-59(63)60-57(56-61)58(62)54-52-50-48-46-44-42-40-38-22-20-18-16-14-12-10-8-6-4-2/h5,7,11,13,17,19,23-24,26-27,29-30,32-33,35-36,39,41,44,46,52,54,57-58,61-62H,3-4,6,8-10,12,14-16,18,20-22,25,28,31,34,37-38,40,42-43,45,47-51,53,55-56H2,1-2H3,(H,60,63)/b7-5-,13-11-,19-17-,24-23-,27-26-,30-29-,33-32-,36-35-,41-39-,46-44+,54-52+. The first-order chi connectivity index (χ1) is 31.2. The molecule has 2 unspecified atom stereocenters. The molecule has 0 aliphatic heterocycles. The van der Waals surface area contributed by atoms with E-state index in [0.29, 0.717) is 6.42 Å². The largest absolute Gasteiger partial charge is 0.394 e. The summed E-state index contributed by atoms with van der Waals surface area (Å²) < 4.78 is 0. The number of amides is 1. The SMILES string of the molecule is CC/C=C\C/C=C\C/C=C\C/C=C\C/C=C\C/C=C\C/C=C\C/C=C\C/C=C\CCCCCCCC(=O)NC(CO)C(O)/C=C/CC/C=C/CCCCCCCCCCCCCC. The van der Waals surface area contributed by atoms with Crippen LogP contribution in [0.4, 0.5) is 0 Å². The zero-order valence-electron chi connectivity index (χ0n) is 40.8. The van der Waals surface area contributed by atoms with Crippen LogP contribution in [0.3, 0.4) is 0 Å². The van der Waals surface area contributed by atoms with E-state index in [4.69, 9.17) is 0 Å². The Morgan fingerprint density at radius 3 is 1.11 bits per heavy atom. The van der Waals surface area contributed by atoms with Crippen molar-refractivity contribution in [3.8, 4) is 0 Å².